The molecule has 13 heavy (non-hydrogen) atoms. The van der Waals surface area contributed by atoms with Crippen LogP contribution in [-0.2, 0) is 0 Å². The Kier molecular flexibility index (Phi) is 1.69. The normalized spacial score (nSPS) is 11.1. The topological polar surface area (TPSA) is 4.41 Å². The second-order valence-corrected chi connectivity index (χ2v) is 3.72. The molecule has 0 aliphatic rings. The third-order valence-corrected chi connectivity index (χ3v) is 3.16. The summed E-state index contributed by atoms with van der Waals surface area (Å²) in [6.45, 7) is 8.76. The van der Waals surface area contributed by atoms with Crippen LogP contribution in [0.1, 0.15) is 22.4 Å². The number of aryl methyl sites for hydroxylation is 2. The lowest BCUT2D eigenvalue weighted by molar-refractivity contribution is 1.04. The molecule has 2 heterocycles. The molecule has 0 atom stereocenters. The van der Waals surface area contributed by atoms with Crippen molar-refractivity contribution in [2.45, 2.75) is 27.7 Å². The van der Waals surface area contributed by atoms with Crippen molar-refractivity contribution in [1.29, 1.82) is 0 Å². The molecule has 0 aliphatic carbocycles. The van der Waals surface area contributed by atoms with Gasteiger partial charge in [-0.2, -0.15) is 0 Å². The molecule has 0 radical (unpaired) electrons. The molecule has 2 aromatic rings. The molecule has 0 aromatic carbocycles. The van der Waals surface area contributed by atoms with E-state index in [2.05, 4.69) is 50.4 Å². The summed E-state index contributed by atoms with van der Waals surface area (Å²) in [5.41, 5.74) is 6.90. The van der Waals surface area contributed by atoms with Gasteiger partial charge >= 0.3 is 0 Å². The first-order valence-electron chi connectivity index (χ1n) is 4.66. The van der Waals surface area contributed by atoms with Gasteiger partial charge in [0, 0.05) is 17.4 Å². The lowest BCUT2D eigenvalue weighted by atomic mass is 10.0. The van der Waals surface area contributed by atoms with Crippen LogP contribution in [0.15, 0.2) is 18.3 Å². The van der Waals surface area contributed by atoms with E-state index >= 15 is 0 Å². The number of nitrogens with zero attached hydrogens (tertiary/aromatic N) is 1. The van der Waals surface area contributed by atoms with Crippen molar-refractivity contribution < 1.29 is 0 Å². The van der Waals surface area contributed by atoms with E-state index in [1.807, 2.05) is 0 Å². The number of pyridine rings is 1. The first kappa shape index (κ1) is 8.36. The Bertz CT molecular complexity index is 421. The molecule has 0 N–H and O–H groups in total. The van der Waals surface area contributed by atoms with Gasteiger partial charge in [0.05, 0.1) is 0 Å². The Labute approximate surface area is 79.0 Å². The number of hydrogen-bond acceptors (Lipinski definition) is 0. The van der Waals surface area contributed by atoms with Crippen molar-refractivity contribution in [2.75, 3.05) is 0 Å². The fraction of sp³-hybridized carbons (Fsp3) is 0.333. The van der Waals surface area contributed by atoms with Crippen LogP contribution in [-0.4, -0.2) is 4.40 Å². The maximum absolute atomic E-state index is 2.26. The highest BCUT2D eigenvalue weighted by Crippen LogP contribution is 2.22. The van der Waals surface area contributed by atoms with Crippen LogP contribution in [0.3, 0.4) is 0 Å². The van der Waals surface area contributed by atoms with Gasteiger partial charge in [-0.1, -0.05) is 0 Å². The molecule has 68 valence electrons. The summed E-state index contributed by atoms with van der Waals surface area (Å²) in [6, 6.07) is 4.28. The Morgan fingerprint density at radius 3 is 2.31 bits per heavy atom. The third-order valence-electron chi connectivity index (χ3n) is 3.16. The van der Waals surface area contributed by atoms with E-state index in [9.17, 15) is 0 Å². The highest BCUT2D eigenvalue weighted by molar-refractivity contribution is 5.60. The molecular weight excluding hydrogens is 158 g/mol. The van der Waals surface area contributed by atoms with Gasteiger partial charge < -0.3 is 4.40 Å². The van der Waals surface area contributed by atoms with Crippen LogP contribution < -0.4 is 0 Å². The molecule has 2 rings (SSSR count). The largest absolute Gasteiger partial charge is 0.321 e. The monoisotopic (exact) mass is 173 g/mol. The number of hydrogen-bond donors (Lipinski definition) is 0. The summed E-state index contributed by atoms with van der Waals surface area (Å²) in [7, 11) is 0. The number of fused-ring (bicyclic) bond motifs is 1. The zero-order chi connectivity index (χ0) is 9.59. The molecule has 0 saturated carbocycles. The summed E-state index contributed by atoms with van der Waals surface area (Å²) in [6.07, 6.45) is 2.13. The fourth-order valence-electron chi connectivity index (χ4n) is 1.90. The Hall–Kier alpha value is -1.24. The van der Waals surface area contributed by atoms with Crippen LogP contribution in [0.5, 0.6) is 0 Å². The van der Waals surface area contributed by atoms with Gasteiger partial charge in [0.25, 0.3) is 0 Å². The average molecular weight is 173 g/mol. The first-order chi connectivity index (χ1) is 6.13. The molecule has 0 saturated heterocycles. The van der Waals surface area contributed by atoms with Crippen molar-refractivity contribution in [1.82, 2.24) is 4.40 Å². The molecule has 2 aromatic heterocycles. The molecule has 0 aliphatic heterocycles. The van der Waals surface area contributed by atoms with Crippen LogP contribution in [0.2, 0.25) is 0 Å². The van der Waals surface area contributed by atoms with Gasteiger partial charge in [-0.3, -0.25) is 0 Å². The average Bonchev–Trinajstić information content (AvgIpc) is 2.59. The number of rotatable bonds is 0. The minimum Gasteiger partial charge on any atom is -0.321 e. The summed E-state index contributed by atoms with van der Waals surface area (Å²) in [5.74, 6) is 0. The van der Waals surface area contributed by atoms with Gasteiger partial charge in [-0.05, 0) is 56.5 Å². The summed E-state index contributed by atoms with van der Waals surface area (Å²) < 4.78 is 2.26. The molecule has 0 fully saturated rings. The predicted molar refractivity (Wildman–Crippen MR) is 56.3 cm³/mol. The third kappa shape index (κ3) is 0.998. The molecule has 0 unspecified atom stereocenters. The molecule has 0 spiro atoms. The predicted octanol–water partition coefficient (Wildman–Crippen LogP) is 3.17. The standard InChI is InChI=1S/C12H15N/c1-8-9(2)11(4)13-7-5-6-12(13)10(8)3/h5-7H,1-4H3. The van der Waals surface area contributed by atoms with E-state index in [-0.39, 0.29) is 0 Å². The maximum atomic E-state index is 2.26. The molecule has 1 nitrogen and oxygen atoms in total. The van der Waals surface area contributed by atoms with Crippen molar-refractivity contribution in [2.24, 2.45) is 0 Å². The van der Waals surface area contributed by atoms with Gasteiger partial charge in [0.1, 0.15) is 0 Å². The minimum atomic E-state index is 1.33. The van der Waals surface area contributed by atoms with E-state index in [1.54, 1.807) is 0 Å². The van der Waals surface area contributed by atoms with Crippen LogP contribution in [0.4, 0.5) is 0 Å². The van der Waals surface area contributed by atoms with Gasteiger partial charge in [0.15, 0.2) is 0 Å². The molecule has 0 bridgehead atoms. The Balaban J connectivity index is 3.02. The van der Waals surface area contributed by atoms with Crippen LogP contribution in [0, 0.1) is 27.7 Å². The van der Waals surface area contributed by atoms with Crippen molar-refractivity contribution in [3.8, 4) is 0 Å². The van der Waals surface area contributed by atoms with E-state index in [0.717, 1.165) is 0 Å². The molecule has 0 amide bonds. The lowest BCUT2D eigenvalue weighted by Crippen LogP contribution is -1.99. The van der Waals surface area contributed by atoms with Crippen LogP contribution >= 0.6 is 0 Å². The minimum absolute atomic E-state index is 1.33. The highest BCUT2D eigenvalue weighted by Gasteiger charge is 2.06. The lowest BCUT2D eigenvalue weighted by Gasteiger charge is -2.12. The van der Waals surface area contributed by atoms with Gasteiger partial charge in [0.2, 0.25) is 0 Å². The quantitative estimate of drug-likeness (QED) is 0.576. The smallest absolute Gasteiger partial charge is 0.0484 e. The zero-order valence-corrected chi connectivity index (χ0v) is 8.68. The summed E-state index contributed by atoms with van der Waals surface area (Å²) >= 11 is 0. The van der Waals surface area contributed by atoms with Crippen molar-refractivity contribution >= 4 is 5.52 Å². The van der Waals surface area contributed by atoms with Gasteiger partial charge in [-0.15, -0.1) is 0 Å². The SMILES string of the molecule is Cc1c(C)c(C)n2cccc2c1C. The second kappa shape index (κ2) is 2.63. The maximum Gasteiger partial charge on any atom is 0.0484 e. The highest BCUT2D eigenvalue weighted by atomic mass is 14.9. The zero-order valence-electron chi connectivity index (χ0n) is 8.68. The van der Waals surface area contributed by atoms with E-state index in [4.69, 9.17) is 0 Å². The number of aromatic nitrogens is 1. The molecular formula is C12H15N. The van der Waals surface area contributed by atoms with E-state index < -0.39 is 0 Å². The summed E-state index contributed by atoms with van der Waals surface area (Å²) in [4.78, 5) is 0. The van der Waals surface area contributed by atoms with Crippen molar-refractivity contribution in [3.05, 3.63) is 40.7 Å². The van der Waals surface area contributed by atoms with Gasteiger partial charge in [-0.25, -0.2) is 0 Å². The second-order valence-electron chi connectivity index (χ2n) is 3.72. The van der Waals surface area contributed by atoms with E-state index in [1.165, 1.54) is 27.9 Å². The van der Waals surface area contributed by atoms with E-state index in [0.29, 0.717) is 0 Å². The first-order valence-corrected chi connectivity index (χ1v) is 4.66. The van der Waals surface area contributed by atoms with Crippen LogP contribution in [0.25, 0.3) is 5.52 Å². The molecule has 1 heteroatoms. The Morgan fingerprint density at radius 1 is 0.923 bits per heavy atom. The van der Waals surface area contributed by atoms with Crippen molar-refractivity contribution in [3.63, 3.8) is 0 Å². The summed E-state index contributed by atoms with van der Waals surface area (Å²) in [5, 5.41) is 0. The fourth-order valence-corrected chi connectivity index (χ4v) is 1.90. The Morgan fingerprint density at radius 2 is 1.62 bits per heavy atom.